The van der Waals surface area contributed by atoms with Crippen molar-refractivity contribution in [2.24, 2.45) is 0 Å². The lowest BCUT2D eigenvalue weighted by atomic mass is 9.86. The van der Waals surface area contributed by atoms with Gasteiger partial charge in [0.05, 0.1) is 0 Å². The molecule has 28 heavy (non-hydrogen) atoms. The zero-order chi connectivity index (χ0) is 19.7. The van der Waals surface area contributed by atoms with Gasteiger partial charge in [0.1, 0.15) is 6.04 Å². The summed E-state index contributed by atoms with van der Waals surface area (Å²) < 4.78 is 5.53. The lowest BCUT2D eigenvalue weighted by molar-refractivity contribution is 0.0710. The van der Waals surface area contributed by atoms with E-state index in [0.717, 1.165) is 18.4 Å². The average Bonchev–Trinajstić information content (AvgIpc) is 3.37. The van der Waals surface area contributed by atoms with E-state index in [0.29, 0.717) is 23.8 Å². The Morgan fingerprint density at radius 2 is 1.79 bits per heavy atom. The first-order valence-electron chi connectivity index (χ1n) is 9.74. The van der Waals surface area contributed by atoms with Gasteiger partial charge in [0.2, 0.25) is 11.7 Å². The van der Waals surface area contributed by atoms with Crippen molar-refractivity contribution in [3.05, 3.63) is 71.6 Å². The minimum atomic E-state index is -0.167. The van der Waals surface area contributed by atoms with Crippen LogP contribution in [0.25, 0.3) is 11.4 Å². The summed E-state index contributed by atoms with van der Waals surface area (Å²) in [4.78, 5) is 19.5. The van der Waals surface area contributed by atoms with Crippen molar-refractivity contribution in [2.75, 3.05) is 6.54 Å². The summed E-state index contributed by atoms with van der Waals surface area (Å²) in [5.74, 6) is 1.09. The van der Waals surface area contributed by atoms with Gasteiger partial charge in [-0.25, -0.2) is 0 Å². The van der Waals surface area contributed by atoms with Crippen molar-refractivity contribution in [3.63, 3.8) is 0 Å². The predicted molar refractivity (Wildman–Crippen MR) is 108 cm³/mol. The molecule has 3 aromatic rings. The molecule has 1 aliphatic heterocycles. The minimum Gasteiger partial charge on any atom is -0.337 e. The highest BCUT2D eigenvalue weighted by Gasteiger charge is 2.34. The van der Waals surface area contributed by atoms with Crippen LogP contribution in [-0.2, 0) is 5.41 Å². The van der Waals surface area contributed by atoms with Gasteiger partial charge in [-0.1, -0.05) is 68.4 Å². The molecule has 1 saturated heterocycles. The van der Waals surface area contributed by atoms with Gasteiger partial charge in [0, 0.05) is 17.7 Å². The molecule has 0 bridgehead atoms. The van der Waals surface area contributed by atoms with Gasteiger partial charge in [0.15, 0.2) is 0 Å². The third-order valence-electron chi connectivity index (χ3n) is 5.27. The van der Waals surface area contributed by atoms with Crippen molar-refractivity contribution in [2.45, 2.75) is 45.1 Å². The Balaban J connectivity index is 1.55. The third-order valence-corrected chi connectivity index (χ3v) is 5.27. The standard InChI is InChI=1S/C23H25N3O2/c1-23(2,3)18-13-11-17(12-14-18)22(27)26-15-7-10-19(26)21-24-20(25-28-21)16-8-5-4-6-9-16/h4-6,8-9,11-14,19H,7,10,15H2,1-3H3. The van der Waals surface area contributed by atoms with Crippen LogP contribution in [0.2, 0.25) is 0 Å². The fourth-order valence-electron chi connectivity index (χ4n) is 3.62. The smallest absolute Gasteiger partial charge is 0.254 e. The number of rotatable bonds is 3. The van der Waals surface area contributed by atoms with Crippen molar-refractivity contribution >= 4 is 5.91 Å². The minimum absolute atomic E-state index is 0.0161. The molecule has 1 amide bonds. The van der Waals surface area contributed by atoms with Gasteiger partial charge in [-0.3, -0.25) is 4.79 Å². The van der Waals surface area contributed by atoms with Crippen LogP contribution >= 0.6 is 0 Å². The molecule has 0 saturated carbocycles. The first-order valence-corrected chi connectivity index (χ1v) is 9.74. The molecule has 0 N–H and O–H groups in total. The molecule has 1 atom stereocenters. The fourth-order valence-corrected chi connectivity index (χ4v) is 3.62. The van der Waals surface area contributed by atoms with E-state index in [1.165, 1.54) is 5.56 Å². The number of carbonyl (C=O) groups excluding carboxylic acids is 1. The van der Waals surface area contributed by atoms with Gasteiger partial charge in [-0.05, 0) is 36.0 Å². The highest BCUT2D eigenvalue weighted by atomic mass is 16.5. The molecule has 1 unspecified atom stereocenters. The monoisotopic (exact) mass is 375 g/mol. The van der Waals surface area contributed by atoms with Gasteiger partial charge < -0.3 is 9.42 Å². The van der Waals surface area contributed by atoms with Gasteiger partial charge in [-0.15, -0.1) is 0 Å². The highest BCUT2D eigenvalue weighted by molar-refractivity contribution is 5.94. The summed E-state index contributed by atoms with van der Waals surface area (Å²) in [6.45, 7) is 7.20. The summed E-state index contributed by atoms with van der Waals surface area (Å²) >= 11 is 0. The molecule has 2 heterocycles. The largest absolute Gasteiger partial charge is 0.337 e. The Bertz CT molecular complexity index is 956. The van der Waals surface area contributed by atoms with E-state index in [1.54, 1.807) is 0 Å². The van der Waals surface area contributed by atoms with Crippen LogP contribution in [0.4, 0.5) is 0 Å². The zero-order valence-corrected chi connectivity index (χ0v) is 16.6. The van der Waals surface area contributed by atoms with Crippen LogP contribution in [0.1, 0.15) is 61.5 Å². The van der Waals surface area contributed by atoms with Crippen molar-refractivity contribution in [1.82, 2.24) is 15.0 Å². The predicted octanol–water partition coefficient (Wildman–Crippen LogP) is 5.01. The van der Waals surface area contributed by atoms with E-state index in [-0.39, 0.29) is 17.4 Å². The lowest BCUT2D eigenvalue weighted by Gasteiger charge is -2.23. The molecule has 1 fully saturated rings. The summed E-state index contributed by atoms with van der Waals surface area (Å²) in [6, 6.07) is 17.5. The molecular weight excluding hydrogens is 350 g/mol. The van der Waals surface area contributed by atoms with Crippen LogP contribution in [0.5, 0.6) is 0 Å². The average molecular weight is 375 g/mol. The summed E-state index contributed by atoms with van der Waals surface area (Å²) in [6.07, 6.45) is 1.77. The third kappa shape index (κ3) is 3.57. The Labute approximate surface area is 165 Å². The van der Waals surface area contributed by atoms with E-state index in [9.17, 15) is 4.79 Å². The molecule has 4 rings (SSSR count). The number of benzene rings is 2. The summed E-state index contributed by atoms with van der Waals surface area (Å²) in [7, 11) is 0. The molecule has 0 aliphatic carbocycles. The van der Waals surface area contributed by atoms with Gasteiger partial charge >= 0.3 is 0 Å². The quantitative estimate of drug-likeness (QED) is 0.645. The second-order valence-corrected chi connectivity index (χ2v) is 8.31. The number of aromatic nitrogens is 2. The fraction of sp³-hybridized carbons (Fsp3) is 0.348. The Kier molecular flexibility index (Phi) is 4.75. The molecule has 0 radical (unpaired) electrons. The van der Waals surface area contributed by atoms with Crippen LogP contribution in [0.3, 0.4) is 0 Å². The topological polar surface area (TPSA) is 59.2 Å². The van der Waals surface area contributed by atoms with Crippen LogP contribution < -0.4 is 0 Å². The number of hydrogen-bond donors (Lipinski definition) is 0. The molecule has 1 aromatic heterocycles. The number of nitrogens with zero attached hydrogens (tertiary/aromatic N) is 3. The zero-order valence-electron chi connectivity index (χ0n) is 16.6. The molecule has 5 heteroatoms. The SMILES string of the molecule is CC(C)(C)c1ccc(C(=O)N2CCCC2c2nc(-c3ccccc3)no2)cc1. The number of amides is 1. The van der Waals surface area contributed by atoms with E-state index in [4.69, 9.17) is 4.52 Å². The highest BCUT2D eigenvalue weighted by Crippen LogP contribution is 2.33. The lowest BCUT2D eigenvalue weighted by Crippen LogP contribution is -2.30. The first kappa shape index (κ1) is 18.4. The number of carbonyl (C=O) groups is 1. The van der Waals surface area contributed by atoms with E-state index in [2.05, 4.69) is 30.9 Å². The van der Waals surface area contributed by atoms with E-state index in [1.807, 2.05) is 59.5 Å². The Hall–Kier alpha value is -2.95. The first-order chi connectivity index (χ1) is 13.4. The summed E-state index contributed by atoms with van der Waals surface area (Å²) in [5.41, 5.74) is 2.88. The maximum absolute atomic E-state index is 13.1. The second kappa shape index (κ2) is 7.23. The van der Waals surface area contributed by atoms with Crippen LogP contribution in [-0.4, -0.2) is 27.5 Å². The normalized spacial score (nSPS) is 17.1. The molecule has 5 nitrogen and oxygen atoms in total. The number of hydrogen-bond acceptors (Lipinski definition) is 4. The van der Waals surface area contributed by atoms with E-state index < -0.39 is 0 Å². The van der Waals surface area contributed by atoms with E-state index >= 15 is 0 Å². The second-order valence-electron chi connectivity index (χ2n) is 8.31. The molecule has 0 spiro atoms. The maximum atomic E-state index is 13.1. The van der Waals surface area contributed by atoms with Crippen LogP contribution in [0.15, 0.2) is 59.1 Å². The Morgan fingerprint density at radius 3 is 2.46 bits per heavy atom. The summed E-state index contributed by atoms with van der Waals surface area (Å²) in [5, 5.41) is 4.11. The molecule has 144 valence electrons. The van der Waals surface area contributed by atoms with Crippen molar-refractivity contribution in [1.29, 1.82) is 0 Å². The maximum Gasteiger partial charge on any atom is 0.254 e. The molecule has 1 aliphatic rings. The Morgan fingerprint density at radius 1 is 1.07 bits per heavy atom. The number of likely N-dealkylation sites (tertiary alicyclic amines) is 1. The van der Waals surface area contributed by atoms with Gasteiger partial charge in [-0.2, -0.15) is 4.98 Å². The van der Waals surface area contributed by atoms with Crippen molar-refractivity contribution < 1.29 is 9.32 Å². The van der Waals surface area contributed by atoms with Crippen molar-refractivity contribution in [3.8, 4) is 11.4 Å². The van der Waals surface area contributed by atoms with Gasteiger partial charge in [0.25, 0.3) is 5.91 Å². The van der Waals surface area contributed by atoms with Crippen LogP contribution in [0, 0.1) is 0 Å². The molecule has 2 aromatic carbocycles. The molecular formula is C23H25N3O2.